The number of amides is 2. The molecule has 1 aliphatic rings. The fraction of sp³-hybridized carbons (Fsp3) is 0.517. The van der Waals surface area contributed by atoms with Crippen molar-refractivity contribution in [1.82, 2.24) is 10.2 Å². The normalized spacial score (nSPS) is 13.9. The van der Waals surface area contributed by atoms with Gasteiger partial charge in [-0.15, -0.1) is 0 Å². The molecular formula is C29H41N3O3. The van der Waals surface area contributed by atoms with Crippen molar-refractivity contribution in [2.24, 2.45) is 0 Å². The van der Waals surface area contributed by atoms with Gasteiger partial charge in [0, 0.05) is 25.6 Å². The fourth-order valence-electron chi connectivity index (χ4n) is 4.95. The maximum atomic E-state index is 13.1. The van der Waals surface area contributed by atoms with Crippen LogP contribution in [-0.4, -0.2) is 48.0 Å². The first kappa shape index (κ1) is 26.7. The molecule has 1 fully saturated rings. The van der Waals surface area contributed by atoms with Crippen molar-refractivity contribution in [3.63, 3.8) is 0 Å². The van der Waals surface area contributed by atoms with Crippen LogP contribution < -0.4 is 10.6 Å². The third-order valence-corrected chi connectivity index (χ3v) is 6.92. The number of nitrogens with zero attached hydrogens (tertiary/aromatic N) is 1. The zero-order valence-electron chi connectivity index (χ0n) is 20.9. The molecule has 0 radical (unpaired) electrons. The van der Waals surface area contributed by atoms with Gasteiger partial charge in [0.05, 0.1) is 5.69 Å². The zero-order valence-corrected chi connectivity index (χ0v) is 20.9. The number of aromatic hydroxyl groups is 1. The van der Waals surface area contributed by atoms with E-state index in [9.17, 15) is 14.7 Å². The minimum atomic E-state index is 0.0806. The van der Waals surface area contributed by atoms with Gasteiger partial charge in [-0.05, 0) is 68.3 Å². The largest absolute Gasteiger partial charge is 0.506 e. The number of nitrogens with one attached hydrogen (secondary N) is 2. The molecule has 3 N–H and O–H groups in total. The molecule has 0 aliphatic heterocycles. The molecule has 1 saturated carbocycles. The molecule has 3 rings (SSSR count). The molecule has 6 nitrogen and oxygen atoms in total. The minimum absolute atomic E-state index is 0.0806. The van der Waals surface area contributed by atoms with E-state index in [0.29, 0.717) is 24.6 Å². The van der Waals surface area contributed by atoms with Crippen molar-refractivity contribution >= 4 is 18.0 Å². The number of anilines is 1. The maximum absolute atomic E-state index is 13.1. The highest BCUT2D eigenvalue weighted by molar-refractivity contribution is 5.77. The fourth-order valence-corrected chi connectivity index (χ4v) is 4.95. The van der Waals surface area contributed by atoms with Crippen LogP contribution in [-0.2, 0) is 22.4 Å². The molecule has 0 unspecified atom stereocenters. The van der Waals surface area contributed by atoms with Crippen molar-refractivity contribution in [2.75, 3.05) is 25.0 Å². The minimum Gasteiger partial charge on any atom is -0.506 e. The van der Waals surface area contributed by atoms with Gasteiger partial charge in [0.1, 0.15) is 5.75 Å². The van der Waals surface area contributed by atoms with Gasteiger partial charge in [-0.25, -0.2) is 0 Å². The van der Waals surface area contributed by atoms with Crippen molar-refractivity contribution in [1.29, 1.82) is 0 Å². The predicted octanol–water partition coefficient (Wildman–Crippen LogP) is 5.06. The molecule has 1 aliphatic carbocycles. The van der Waals surface area contributed by atoms with Gasteiger partial charge < -0.3 is 20.6 Å². The second kappa shape index (κ2) is 15.2. The lowest BCUT2D eigenvalue weighted by Crippen LogP contribution is -2.43. The summed E-state index contributed by atoms with van der Waals surface area (Å²) in [6.07, 6.45) is 12.1. The Morgan fingerprint density at radius 2 is 1.74 bits per heavy atom. The summed E-state index contributed by atoms with van der Waals surface area (Å²) in [5.74, 6) is 0.365. The molecule has 35 heavy (non-hydrogen) atoms. The van der Waals surface area contributed by atoms with Gasteiger partial charge in [0.15, 0.2) is 0 Å². The quantitative estimate of drug-likeness (QED) is 0.190. The highest BCUT2D eigenvalue weighted by atomic mass is 16.3. The van der Waals surface area contributed by atoms with Gasteiger partial charge >= 0.3 is 0 Å². The molecule has 6 heteroatoms. The Bertz CT molecular complexity index is 897. The van der Waals surface area contributed by atoms with Crippen LogP contribution in [0.1, 0.15) is 68.9 Å². The van der Waals surface area contributed by atoms with Gasteiger partial charge in [-0.2, -0.15) is 0 Å². The molecule has 0 heterocycles. The van der Waals surface area contributed by atoms with Crippen molar-refractivity contribution in [3.05, 3.63) is 59.7 Å². The molecule has 0 spiro atoms. The Hall–Kier alpha value is -2.86. The second-order valence-electron chi connectivity index (χ2n) is 9.54. The average molecular weight is 480 g/mol. The van der Waals surface area contributed by atoms with Gasteiger partial charge in [0.25, 0.3) is 0 Å². The van der Waals surface area contributed by atoms with E-state index in [2.05, 4.69) is 39.8 Å². The van der Waals surface area contributed by atoms with E-state index in [1.807, 2.05) is 18.2 Å². The van der Waals surface area contributed by atoms with Crippen LogP contribution in [0, 0.1) is 0 Å². The Morgan fingerprint density at radius 3 is 2.51 bits per heavy atom. The summed E-state index contributed by atoms with van der Waals surface area (Å²) in [7, 11) is 0. The predicted molar refractivity (Wildman–Crippen MR) is 142 cm³/mol. The molecule has 0 aromatic heterocycles. The number of rotatable bonds is 15. The lowest BCUT2D eigenvalue weighted by atomic mass is 9.93. The first-order valence-electron chi connectivity index (χ1n) is 13.2. The number of aryl methyl sites for hydroxylation is 1. The van der Waals surface area contributed by atoms with Crippen LogP contribution in [0.25, 0.3) is 0 Å². The SMILES string of the molecule is O=CNc1cc(CCCCCN(C(=O)CCNCCc2ccccc2)C2CCCCC2)ccc1O. The molecule has 0 atom stereocenters. The zero-order chi connectivity index (χ0) is 24.7. The van der Waals surface area contributed by atoms with Gasteiger partial charge in [0.2, 0.25) is 12.3 Å². The highest BCUT2D eigenvalue weighted by Gasteiger charge is 2.24. The summed E-state index contributed by atoms with van der Waals surface area (Å²) < 4.78 is 0. The molecule has 190 valence electrons. The third-order valence-electron chi connectivity index (χ3n) is 6.92. The number of phenolic OH excluding ortho intramolecular Hbond substituents is 1. The van der Waals surface area contributed by atoms with Crippen LogP contribution >= 0.6 is 0 Å². The number of hydrogen-bond donors (Lipinski definition) is 3. The summed E-state index contributed by atoms with van der Waals surface area (Å²) in [6, 6.07) is 16.2. The summed E-state index contributed by atoms with van der Waals surface area (Å²) >= 11 is 0. The number of unbranched alkanes of at least 4 members (excludes halogenated alkanes) is 2. The summed E-state index contributed by atoms with van der Waals surface area (Å²) in [5.41, 5.74) is 2.86. The Balaban J connectivity index is 1.39. The van der Waals surface area contributed by atoms with Crippen molar-refractivity contribution in [2.45, 2.75) is 76.7 Å². The standard InChI is InChI=1S/C29H41N3O3/c33-23-31-27-22-25(15-16-28(27)34)12-6-3-9-21-32(26-13-7-2-8-14-26)29(35)18-20-30-19-17-24-10-4-1-5-11-24/h1,4-5,10-11,15-16,22-23,26,30,34H,2-3,6-9,12-14,17-21H2,(H,31,33). The Kier molecular flexibility index (Phi) is 11.6. The number of benzene rings is 2. The first-order valence-corrected chi connectivity index (χ1v) is 13.2. The monoisotopic (exact) mass is 479 g/mol. The smallest absolute Gasteiger partial charge is 0.224 e. The number of carbonyl (C=O) groups is 2. The highest BCUT2D eigenvalue weighted by Crippen LogP contribution is 2.25. The third kappa shape index (κ3) is 9.36. The van der Waals surface area contributed by atoms with Crippen LogP contribution in [0.4, 0.5) is 5.69 Å². The molecule has 2 amide bonds. The van der Waals surface area contributed by atoms with Crippen LogP contribution in [0.2, 0.25) is 0 Å². The van der Waals surface area contributed by atoms with Crippen LogP contribution in [0.3, 0.4) is 0 Å². The molecule has 0 saturated heterocycles. The van der Waals surface area contributed by atoms with E-state index in [1.165, 1.54) is 24.8 Å². The number of hydrogen-bond acceptors (Lipinski definition) is 4. The van der Waals surface area contributed by atoms with E-state index >= 15 is 0 Å². The lowest BCUT2D eigenvalue weighted by Gasteiger charge is -2.34. The summed E-state index contributed by atoms with van der Waals surface area (Å²) in [5, 5.41) is 15.8. The van der Waals surface area contributed by atoms with Crippen molar-refractivity contribution in [3.8, 4) is 5.75 Å². The Labute approximate surface area is 210 Å². The van der Waals surface area contributed by atoms with Crippen molar-refractivity contribution < 1.29 is 14.7 Å². The number of carbonyl (C=O) groups excluding carboxylic acids is 2. The molecule has 2 aromatic carbocycles. The van der Waals surface area contributed by atoms with E-state index < -0.39 is 0 Å². The second-order valence-corrected chi connectivity index (χ2v) is 9.54. The number of phenols is 1. The molecule has 0 bridgehead atoms. The van der Waals surface area contributed by atoms with Crippen LogP contribution in [0.5, 0.6) is 5.75 Å². The van der Waals surface area contributed by atoms with E-state index in [-0.39, 0.29) is 11.7 Å². The van der Waals surface area contributed by atoms with Gasteiger partial charge in [-0.3, -0.25) is 9.59 Å². The maximum Gasteiger partial charge on any atom is 0.224 e. The topological polar surface area (TPSA) is 81.7 Å². The average Bonchev–Trinajstić information content (AvgIpc) is 2.89. The lowest BCUT2D eigenvalue weighted by molar-refractivity contribution is -0.134. The van der Waals surface area contributed by atoms with Crippen LogP contribution in [0.15, 0.2) is 48.5 Å². The molecule has 2 aromatic rings. The summed E-state index contributed by atoms with van der Waals surface area (Å²) in [6.45, 7) is 2.45. The molecular weight excluding hydrogens is 438 g/mol. The van der Waals surface area contributed by atoms with E-state index in [1.54, 1.807) is 6.07 Å². The summed E-state index contributed by atoms with van der Waals surface area (Å²) in [4.78, 5) is 26.0. The first-order chi connectivity index (χ1) is 17.2. The van der Waals surface area contributed by atoms with Gasteiger partial charge in [-0.1, -0.05) is 62.1 Å². The van der Waals surface area contributed by atoms with E-state index in [0.717, 1.165) is 70.1 Å². The Morgan fingerprint density at radius 1 is 0.943 bits per heavy atom. The van der Waals surface area contributed by atoms with E-state index in [4.69, 9.17) is 0 Å².